The number of rotatable bonds is 3. The first-order valence-corrected chi connectivity index (χ1v) is 8.13. The second-order valence-electron chi connectivity index (χ2n) is 5.63. The molecule has 1 atom stereocenters. The molecule has 1 aromatic heterocycles. The molecule has 2 heterocycles. The highest BCUT2D eigenvalue weighted by Gasteiger charge is 2.25. The third-order valence-electron chi connectivity index (χ3n) is 4.08. The van der Waals surface area contributed by atoms with Gasteiger partial charge in [0.25, 0.3) is 0 Å². The third kappa shape index (κ3) is 2.48. The van der Waals surface area contributed by atoms with Crippen LogP contribution in [0, 0.1) is 13.8 Å². The number of thiophene rings is 1. The highest BCUT2D eigenvalue weighted by molar-refractivity contribution is 7.12. The molecule has 1 aliphatic heterocycles. The van der Waals surface area contributed by atoms with Crippen molar-refractivity contribution in [3.63, 3.8) is 0 Å². The molecule has 2 N–H and O–H groups in total. The minimum Gasteiger partial charge on any atom is -0.362 e. The van der Waals surface area contributed by atoms with Crippen molar-refractivity contribution in [2.75, 3.05) is 18.0 Å². The van der Waals surface area contributed by atoms with E-state index in [1.165, 1.54) is 39.4 Å². The van der Waals surface area contributed by atoms with E-state index in [1.807, 2.05) is 11.3 Å². The van der Waals surface area contributed by atoms with Gasteiger partial charge in [0.15, 0.2) is 0 Å². The molecule has 1 aromatic carbocycles. The van der Waals surface area contributed by atoms with Crippen molar-refractivity contribution in [3.05, 3.63) is 51.2 Å². The van der Waals surface area contributed by atoms with Gasteiger partial charge in [0.2, 0.25) is 0 Å². The molecule has 2 nitrogen and oxygen atoms in total. The summed E-state index contributed by atoms with van der Waals surface area (Å²) in [7, 11) is 0. The number of anilines is 1. The zero-order valence-electron chi connectivity index (χ0n) is 12.2. The zero-order chi connectivity index (χ0) is 14.1. The van der Waals surface area contributed by atoms with E-state index < -0.39 is 0 Å². The average molecular weight is 286 g/mol. The van der Waals surface area contributed by atoms with E-state index >= 15 is 0 Å². The molecule has 0 amide bonds. The topological polar surface area (TPSA) is 29.3 Å². The standard InChI is InChI=1S/C17H22N2S/c1-12-5-7-15-14(10-12)4-3-9-19(15)16(11-18)17-8-6-13(2)20-17/h5-8,10,16H,3-4,9,11,18H2,1-2H3. The van der Waals surface area contributed by atoms with Crippen molar-refractivity contribution < 1.29 is 0 Å². The van der Waals surface area contributed by atoms with Crippen LogP contribution in [0.2, 0.25) is 0 Å². The first-order valence-electron chi connectivity index (χ1n) is 7.31. The number of fused-ring (bicyclic) bond motifs is 1. The number of nitrogens with two attached hydrogens (primary N) is 1. The van der Waals surface area contributed by atoms with E-state index in [0.717, 1.165) is 6.54 Å². The van der Waals surface area contributed by atoms with Crippen molar-refractivity contribution >= 4 is 17.0 Å². The van der Waals surface area contributed by atoms with Crippen LogP contribution in [-0.4, -0.2) is 13.1 Å². The molecule has 20 heavy (non-hydrogen) atoms. The Hall–Kier alpha value is -1.32. The lowest BCUT2D eigenvalue weighted by molar-refractivity contribution is 0.594. The number of benzene rings is 1. The minimum atomic E-state index is 0.315. The van der Waals surface area contributed by atoms with Crippen molar-refractivity contribution in [1.29, 1.82) is 0 Å². The summed E-state index contributed by atoms with van der Waals surface area (Å²) in [6, 6.07) is 11.6. The highest BCUT2D eigenvalue weighted by Crippen LogP contribution is 2.36. The number of nitrogens with zero attached hydrogens (tertiary/aromatic N) is 1. The van der Waals surface area contributed by atoms with Gasteiger partial charge in [-0.3, -0.25) is 0 Å². The minimum absolute atomic E-state index is 0.315. The molecule has 1 aliphatic rings. The Morgan fingerprint density at radius 2 is 2.10 bits per heavy atom. The van der Waals surface area contributed by atoms with Gasteiger partial charge in [-0.25, -0.2) is 0 Å². The maximum absolute atomic E-state index is 6.10. The number of hydrogen-bond acceptors (Lipinski definition) is 3. The number of hydrogen-bond donors (Lipinski definition) is 1. The summed E-state index contributed by atoms with van der Waals surface area (Å²) in [5.74, 6) is 0. The summed E-state index contributed by atoms with van der Waals surface area (Å²) in [4.78, 5) is 5.25. The predicted octanol–water partition coefficient (Wildman–Crippen LogP) is 3.82. The maximum atomic E-state index is 6.10. The van der Waals surface area contributed by atoms with E-state index in [2.05, 4.69) is 49.1 Å². The third-order valence-corrected chi connectivity index (χ3v) is 5.18. The summed E-state index contributed by atoms with van der Waals surface area (Å²) < 4.78 is 0. The average Bonchev–Trinajstić information content (AvgIpc) is 2.86. The largest absolute Gasteiger partial charge is 0.362 e. The molecular weight excluding hydrogens is 264 g/mol. The molecule has 0 bridgehead atoms. The molecule has 0 spiro atoms. The maximum Gasteiger partial charge on any atom is 0.0757 e. The van der Waals surface area contributed by atoms with Gasteiger partial charge in [-0.1, -0.05) is 17.7 Å². The molecule has 0 fully saturated rings. The van der Waals surface area contributed by atoms with Gasteiger partial charge in [-0.05, 0) is 50.5 Å². The van der Waals surface area contributed by atoms with E-state index in [9.17, 15) is 0 Å². The van der Waals surface area contributed by atoms with Crippen LogP contribution in [0.4, 0.5) is 5.69 Å². The van der Waals surface area contributed by atoms with E-state index in [-0.39, 0.29) is 0 Å². The predicted molar refractivity (Wildman–Crippen MR) is 87.7 cm³/mol. The first kappa shape index (κ1) is 13.7. The Balaban J connectivity index is 1.98. The summed E-state index contributed by atoms with van der Waals surface area (Å²) in [6.07, 6.45) is 2.41. The van der Waals surface area contributed by atoms with Crippen molar-refractivity contribution in [1.82, 2.24) is 0 Å². The fourth-order valence-electron chi connectivity index (χ4n) is 3.11. The fourth-order valence-corrected chi connectivity index (χ4v) is 4.11. The van der Waals surface area contributed by atoms with Crippen LogP contribution >= 0.6 is 11.3 Å². The summed E-state index contributed by atoms with van der Waals surface area (Å²) in [6.45, 7) is 6.11. The van der Waals surface area contributed by atoms with Crippen LogP contribution < -0.4 is 10.6 Å². The Morgan fingerprint density at radius 3 is 2.80 bits per heavy atom. The lowest BCUT2D eigenvalue weighted by Crippen LogP contribution is -2.37. The van der Waals surface area contributed by atoms with Crippen molar-refractivity contribution in [2.24, 2.45) is 5.73 Å². The van der Waals surface area contributed by atoms with Crippen LogP contribution in [-0.2, 0) is 6.42 Å². The summed E-state index contributed by atoms with van der Waals surface area (Å²) >= 11 is 1.87. The van der Waals surface area contributed by atoms with Gasteiger partial charge in [0.1, 0.15) is 0 Å². The summed E-state index contributed by atoms with van der Waals surface area (Å²) in [5, 5.41) is 0. The Kier molecular flexibility index (Phi) is 3.81. The van der Waals surface area contributed by atoms with Crippen LogP contribution in [0.5, 0.6) is 0 Å². The van der Waals surface area contributed by atoms with Crippen molar-refractivity contribution in [2.45, 2.75) is 32.7 Å². The molecule has 0 saturated heterocycles. The molecule has 0 saturated carbocycles. The van der Waals surface area contributed by atoms with Crippen LogP contribution in [0.1, 0.15) is 33.3 Å². The van der Waals surface area contributed by atoms with Gasteiger partial charge in [0.05, 0.1) is 6.04 Å². The molecule has 0 aliphatic carbocycles. The molecule has 3 heteroatoms. The van der Waals surface area contributed by atoms with Gasteiger partial charge in [-0.15, -0.1) is 11.3 Å². The molecule has 0 radical (unpaired) electrons. The van der Waals surface area contributed by atoms with Crippen LogP contribution in [0.25, 0.3) is 0 Å². The van der Waals surface area contributed by atoms with Crippen molar-refractivity contribution in [3.8, 4) is 0 Å². The van der Waals surface area contributed by atoms with Crippen LogP contribution in [0.3, 0.4) is 0 Å². The first-order chi connectivity index (χ1) is 9.69. The lowest BCUT2D eigenvalue weighted by atomic mass is 9.97. The monoisotopic (exact) mass is 286 g/mol. The molecule has 2 aromatic rings. The number of aryl methyl sites for hydroxylation is 3. The van der Waals surface area contributed by atoms with Crippen LogP contribution in [0.15, 0.2) is 30.3 Å². The van der Waals surface area contributed by atoms with Gasteiger partial charge in [-0.2, -0.15) is 0 Å². The SMILES string of the molecule is Cc1ccc2c(c1)CCCN2C(CN)c1ccc(C)s1. The molecule has 1 unspecified atom stereocenters. The van der Waals surface area contributed by atoms with E-state index in [1.54, 1.807) is 0 Å². The van der Waals surface area contributed by atoms with Gasteiger partial charge in [0, 0.05) is 28.5 Å². The Morgan fingerprint density at radius 1 is 1.25 bits per heavy atom. The Labute approximate surface area is 125 Å². The normalized spacial score (nSPS) is 16.1. The lowest BCUT2D eigenvalue weighted by Gasteiger charge is -2.37. The Bertz CT molecular complexity index is 603. The fraction of sp³-hybridized carbons (Fsp3) is 0.412. The van der Waals surface area contributed by atoms with E-state index in [0.29, 0.717) is 12.6 Å². The van der Waals surface area contributed by atoms with Gasteiger partial charge < -0.3 is 10.6 Å². The second kappa shape index (κ2) is 5.58. The molecule has 106 valence electrons. The molecule has 3 rings (SSSR count). The van der Waals surface area contributed by atoms with E-state index in [4.69, 9.17) is 5.73 Å². The zero-order valence-corrected chi connectivity index (χ0v) is 13.0. The summed E-state index contributed by atoms with van der Waals surface area (Å²) in [5.41, 5.74) is 10.3. The quantitative estimate of drug-likeness (QED) is 0.929. The van der Waals surface area contributed by atoms with Gasteiger partial charge >= 0.3 is 0 Å². The molecular formula is C17H22N2S. The highest BCUT2D eigenvalue weighted by atomic mass is 32.1. The second-order valence-corrected chi connectivity index (χ2v) is 6.95. The smallest absolute Gasteiger partial charge is 0.0757 e.